The SMILES string of the molecule is C=CS(=O)(=O)NC[C@H]1CCN(C(=O)c2c(OCC)ccc3ccccc23)C1. The van der Waals surface area contributed by atoms with Gasteiger partial charge in [-0.2, -0.15) is 0 Å². The van der Waals surface area contributed by atoms with Gasteiger partial charge in [0.1, 0.15) is 5.75 Å². The Labute approximate surface area is 159 Å². The van der Waals surface area contributed by atoms with E-state index in [-0.39, 0.29) is 11.8 Å². The zero-order valence-corrected chi connectivity index (χ0v) is 16.2. The molecular weight excluding hydrogens is 364 g/mol. The van der Waals surface area contributed by atoms with E-state index >= 15 is 0 Å². The lowest BCUT2D eigenvalue weighted by Crippen LogP contribution is -2.32. The Kier molecular flexibility index (Phi) is 5.82. The van der Waals surface area contributed by atoms with E-state index in [1.54, 1.807) is 4.90 Å². The Balaban J connectivity index is 1.82. The quantitative estimate of drug-likeness (QED) is 0.791. The molecule has 7 heteroatoms. The molecule has 1 aliphatic rings. The summed E-state index contributed by atoms with van der Waals surface area (Å²) in [5.74, 6) is 0.579. The second-order valence-electron chi connectivity index (χ2n) is 6.56. The standard InChI is InChI=1S/C20H24N2O4S/c1-3-26-18-10-9-16-7-5-6-8-17(16)19(18)20(23)22-12-11-15(14-22)13-21-27(24,25)4-2/h4-10,15,21H,2-3,11-14H2,1H3/t15-/m1/s1. The number of rotatable bonds is 7. The first-order chi connectivity index (χ1) is 12.9. The summed E-state index contributed by atoms with van der Waals surface area (Å²) < 4.78 is 31.3. The molecule has 2 aromatic rings. The average molecular weight is 388 g/mol. The predicted octanol–water partition coefficient (Wildman–Crippen LogP) is 2.76. The first-order valence-corrected chi connectivity index (χ1v) is 10.6. The molecule has 0 radical (unpaired) electrons. The third-order valence-corrected chi connectivity index (χ3v) is 5.78. The molecule has 0 spiro atoms. The molecule has 0 bridgehead atoms. The molecule has 1 N–H and O–H groups in total. The molecule has 1 heterocycles. The molecule has 1 amide bonds. The van der Waals surface area contributed by atoms with E-state index in [1.807, 2.05) is 43.3 Å². The molecular formula is C20H24N2O4S. The molecule has 0 aliphatic carbocycles. The van der Waals surface area contributed by atoms with Crippen LogP contribution in [0, 0.1) is 5.92 Å². The lowest BCUT2D eigenvalue weighted by atomic mass is 10.0. The van der Waals surface area contributed by atoms with Gasteiger partial charge in [-0.1, -0.05) is 36.9 Å². The van der Waals surface area contributed by atoms with Gasteiger partial charge in [0.25, 0.3) is 5.91 Å². The highest BCUT2D eigenvalue weighted by atomic mass is 32.2. The number of ether oxygens (including phenoxy) is 1. The van der Waals surface area contributed by atoms with E-state index in [9.17, 15) is 13.2 Å². The molecule has 1 atom stereocenters. The maximum atomic E-state index is 13.3. The zero-order chi connectivity index (χ0) is 19.4. The minimum atomic E-state index is -3.45. The summed E-state index contributed by atoms with van der Waals surface area (Å²) in [6, 6.07) is 11.5. The predicted molar refractivity (Wildman–Crippen MR) is 106 cm³/mol. The Morgan fingerprint density at radius 2 is 2.11 bits per heavy atom. The van der Waals surface area contributed by atoms with E-state index in [1.165, 1.54) is 0 Å². The molecule has 1 saturated heterocycles. The van der Waals surface area contributed by atoms with Gasteiger partial charge in [-0.25, -0.2) is 13.1 Å². The molecule has 27 heavy (non-hydrogen) atoms. The van der Waals surface area contributed by atoms with Crippen molar-refractivity contribution in [2.45, 2.75) is 13.3 Å². The number of carbonyl (C=O) groups excluding carboxylic acids is 1. The van der Waals surface area contributed by atoms with E-state index in [2.05, 4.69) is 11.3 Å². The molecule has 0 unspecified atom stereocenters. The average Bonchev–Trinajstić information content (AvgIpc) is 3.15. The third-order valence-electron chi connectivity index (χ3n) is 4.77. The lowest BCUT2D eigenvalue weighted by Gasteiger charge is -2.20. The summed E-state index contributed by atoms with van der Waals surface area (Å²) in [6.45, 7) is 7.05. The highest BCUT2D eigenvalue weighted by molar-refractivity contribution is 7.92. The normalized spacial score (nSPS) is 17.2. The Hall–Kier alpha value is -2.38. The number of nitrogens with one attached hydrogen (secondary N) is 1. The van der Waals surface area contributed by atoms with Crippen LogP contribution in [0.25, 0.3) is 10.8 Å². The Morgan fingerprint density at radius 3 is 2.85 bits per heavy atom. The van der Waals surface area contributed by atoms with Crippen LogP contribution in [0.1, 0.15) is 23.7 Å². The molecule has 144 valence electrons. The Bertz CT molecular complexity index is 956. The molecule has 6 nitrogen and oxygen atoms in total. The summed E-state index contributed by atoms with van der Waals surface area (Å²) in [6.07, 6.45) is 0.750. The number of nitrogens with zero attached hydrogens (tertiary/aromatic N) is 1. The highest BCUT2D eigenvalue weighted by Gasteiger charge is 2.30. The van der Waals surface area contributed by atoms with Gasteiger partial charge in [-0.05, 0) is 36.1 Å². The van der Waals surface area contributed by atoms with Gasteiger partial charge >= 0.3 is 0 Å². The first kappa shape index (κ1) is 19.4. The van der Waals surface area contributed by atoms with Crippen molar-refractivity contribution < 1.29 is 17.9 Å². The van der Waals surface area contributed by atoms with Crippen LogP contribution >= 0.6 is 0 Å². The van der Waals surface area contributed by atoms with Gasteiger partial charge in [0.15, 0.2) is 0 Å². The van der Waals surface area contributed by atoms with Gasteiger partial charge in [-0.15, -0.1) is 0 Å². The second-order valence-corrected chi connectivity index (χ2v) is 8.27. The molecule has 0 saturated carbocycles. The van der Waals surface area contributed by atoms with Crippen LogP contribution in [0.5, 0.6) is 5.75 Å². The maximum absolute atomic E-state index is 13.3. The van der Waals surface area contributed by atoms with E-state index in [0.29, 0.717) is 37.6 Å². The highest BCUT2D eigenvalue weighted by Crippen LogP contribution is 2.31. The number of hydrogen-bond acceptors (Lipinski definition) is 4. The molecule has 2 aromatic carbocycles. The fourth-order valence-corrected chi connectivity index (χ4v) is 3.97. The van der Waals surface area contributed by atoms with Crippen molar-refractivity contribution in [3.05, 3.63) is 53.9 Å². The fourth-order valence-electron chi connectivity index (χ4n) is 3.38. The lowest BCUT2D eigenvalue weighted by molar-refractivity contribution is 0.0785. The summed E-state index contributed by atoms with van der Waals surface area (Å²) in [5, 5.41) is 2.75. The van der Waals surface area contributed by atoms with Crippen LogP contribution in [-0.2, 0) is 10.0 Å². The molecule has 3 rings (SSSR count). The van der Waals surface area contributed by atoms with Gasteiger partial charge in [0.05, 0.1) is 12.2 Å². The topological polar surface area (TPSA) is 75.7 Å². The minimum Gasteiger partial charge on any atom is -0.493 e. The van der Waals surface area contributed by atoms with Crippen molar-refractivity contribution in [3.8, 4) is 5.75 Å². The molecule has 1 fully saturated rings. The van der Waals surface area contributed by atoms with Crippen molar-refractivity contribution >= 4 is 26.7 Å². The van der Waals surface area contributed by atoms with Crippen LogP contribution in [0.2, 0.25) is 0 Å². The van der Waals surface area contributed by atoms with Crippen LogP contribution in [0.3, 0.4) is 0 Å². The maximum Gasteiger partial charge on any atom is 0.258 e. The van der Waals surface area contributed by atoms with E-state index in [0.717, 1.165) is 22.6 Å². The Morgan fingerprint density at radius 1 is 1.33 bits per heavy atom. The molecule has 1 aliphatic heterocycles. The third kappa shape index (κ3) is 4.31. The number of likely N-dealkylation sites (tertiary alicyclic amines) is 1. The van der Waals surface area contributed by atoms with Gasteiger partial charge in [0.2, 0.25) is 10.0 Å². The van der Waals surface area contributed by atoms with Crippen LogP contribution < -0.4 is 9.46 Å². The number of sulfonamides is 1. The smallest absolute Gasteiger partial charge is 0.258 e. The van der Waals surface area contributed by atoms with Gasteiger partial charge in [-0.3, -0.25) is 4.79 Å². The van der Waals surface area contributed by atoms with Crippen molar-refractivity contribution in [1.82, 2.24) is 9.62 Å². The van der Waals surface area contributed by atoms with Crippen molar-refractivity contribution in [3.63, 3.8) is 0 Å². The number of benzene rings is 2. The van der Waals surface area contributed by atoms with Crippen LogP contribution in [0.4, 0.5) is 0 Å². The summed E-state index contributed by atoms with van der Waals surface area (Å²) in [7, 11) is -3.45. The van der Waals surface area contributed by atoms with Crippen molar-refractivity contribution in [1.29, 1.82) is 0 Å². The monoisotopic (exact) mass is 388 g/mol. The zero-order valence-electron chi connectivity index (χ0n) is 15.3. The minimum absolute atomic E-state index is 0.0780. The van der Waals surface area contributed by atoms with Gasteiger partial charge in [0, 0.05) is 25.0 Å². The number of amides is 1. The van der Waals surface area contributed by atoms with Crippen LogP contribution in [-0.4, -0.2) is 45.5 Å². The van der Waals surface area contributed by atoms with Crippen molar-refractivity contribution in [2.75, 3.05) is 26.2 Å². The van der Waals surface area contributed by atoms with E-state index in [4.69, 9.17) is 4.74 Å². The number of hydrogen-bond donors (Lipinski definition) is 1. The molecule has 0 aromatic heterocycles. The number of carbonyl (C=O) groups is 1. The summed E-state index contributed by atoms with van der Waals surface area (Å²) in [4.78, 5) is 15.0. The first-order valence-electron chi connectivity index (χ1n) is 9.01. The summed E-state index contributed by atoms with van der Waals surface area (Å²) in [5.41, 5.74) is 0.572. The van der Waals surface area contributed by atoms with Gasteiger partial charge < -0.3 is 9.64 Å². The fraction of sp³-hybridized carbons (Fsp3) is 0.350. The summed E-state index contributed by atoms with van der Waals surface area (Å²) >= 11 is 0. The largest absolute Gasteiger partial charge is 0.493 e. The second kappa shape index (κ2) is 8.10. The van der Waals surface area contributed by atoms with Crippen molar-refractivity contribution in [2.24, 2.45) is 5.92 Å². The van der Waals surface area contributed by atoms with Crippen LogP contribution in [0.15, 0.2) is 48.4 Å². The van der Waals surface area contributed by atoms with E-state index < -0.39 is 10.0 Å². The number of fused-ring (bicyclic) bond motifs is 1.